The van der Waals surface area contributed by atoms with Gasteiger partial charge in [0.2, 0.25) is 0 Å². The van der Waals surface area contributed by atoms with Crippen molar-refractivity contribution in [3.05, 3.63) is 60.3 Å². The first kappa shape index (κ1) is 20.6. The molecule has 0 radical (unpaired) electrons. The standard InChI is InChI=1S/C23H24N4O4/c1-2-30-23(29)21-22(25-19-11-7-6-10-18(19)24-21)27-14-12-26(13-15-27)20(28)16-31-17-8-4-3-5-9-17/h3-11H,2,12-16H2,1H3. The Kier molecular flexibility index (Phi) is 6.26. The van der Waals surface area contributed by atoms with Crippen LogP contribution < -0.4 is 9.64 Å². The molecular weight excluding hydrogens is 396 g/mol. The Bertz CT molecular complexity index is 1070. The second-order valence-electron chi connectivity index (χ2n) is 7.07. The monoisotopic (exact) mass is 420 g/mol. The van der Waals surface area contributed by atoms with Crippen molar-refractivity contribution in [1.82, 2.24) is 14.9 Å². The molecule has 0 aliphatic carbocycles. The minimum Gasteiger partial charge on any atom is -0.484 e. The van der Waals surface area contributed by atoms with E-state index in [2.05, 4.69) is 9.97 Å². The lowest BCUT2D eigenvalue weighted by molar-refractivity contribution is -0.133. The Balaban J connectivity index is 1.45. The van der Waals surface area contributed by atoms with Gasteiger partial charge in [-0.15, -0.1) is 0 Å². The number of carbonyl (C=O) groups excluding carboxylic acids is 2. The van der Waals surface area contributed by atoms with E-state index in [1.807, 2.05) is 59.5 Å². The van der Waals surface area contributed by atoms with E-state index in [4.69, 9.17) is 9.47 Å². The first-order chi connectivity index (χ1) is 15.2. The van der Waals surface area contributed by atoms with Gasteiger partial charge >= 0.3 is 5.97 Å². The van der Waals surface area contributed by atoms with E-state index in [-0.39, 0.29) is 24.8 Å². The molecule has 4 rings (SSSR count). The molecule has 160 valence electrons. The summed E-state index contributed by atoms with van der Waals surface area (Å²) in [5.41, 5.74) is 1.55. The van der Waals surface area contributed by atoms with Crippen LogP contribution in [-0.4, -0.2) is 66.1 Å². The molecule has 0 bridgehead atoms. The molecule has 31 heavy (non-hydrogen) atoms. The third-order valence-electron chi connectivity index (χ3n) is 5.06. The second-order valence-corrected chi connectivity index (χ2v) is 7.07. The molecular formula is C23H24N4O4. The van der Waals surface area contributed by atoms with Gasteiger partial charge in [0.15, 0.2) is 18.1 Å². The fraction of sp³-hybridized carbons (Fsp3) is 0.304. The maximum atomic E-state index is 12.5. The molecule has 8 nitrogen and oxygen atoms in total. The van der Waals surface area contributed by atoms with Gasteiger partial charge in [0, 0.05) is 26.2 Å². The van der Waals surface area contributed by atoms with E-state index in [1.54, 1.807) is 11.8 Å². The lowest BCUT2D eigenvalue weighted by atomic mass is 10.2. The van der Waals surface area contributed by atoms with Crippen molar-refractivity contribution in [2.45, 2.75) is 6.92 Å². The number of nitrogens with zero attached hydrogens (tertiary/aromatic N) is 4. The minimum absolute atomic E-state index is 0.00608. The van der Waals surface area contributed by atoms with Crippen LogP contribution in [0.15, 0.2) is 54.6 Å². The van der Waals surface area contributed by atoms with Gasteiger partial charge in [0.1, 0.15) is 5.75 Å². The van der Waals surface area contributed by atoms with Gasteiger partial charge in [-0.05, 0) is 31.2 Å². The zero-order chi connectivity index (χ0) is 21.6. The smallest absolute Gasteiger partial charge is 0.360 e. The minimum atomic E-state index is -0.495. The maximum absolute atomic E-state index is 12.5. The highest BCUT2D eigenvalue weighted by atomic mass is 16.5. The first-order valence-corrected chi connectivity index (χ1v) is 10.3. The normalized spacial score (nSPS) is 13.8. The van der Waals surface area contributed by atoms with Crippen LogP contribution in [0, 0.1) is 0 Å². The van der Waals surface area contributed by atoms with Crippen LogP contribution in [0.5, 0.6) is 5.75 Å². The largest absolute Gasteiger partial charge is 0.484 e. The van der Waals surface area contributed by atoms with Crippen LogP contribution in [-0.2, 0) is 9.53 Å². The summed E-state index contributed by atoms with van der Waals surface area (Å²) in [5.74, 6) is 0.592. The van der Waals surface area contributed by atoms with Crippen LogP contribution in [0.1, 0.15) is 17.4 Å². The molecule has 1 saturated heterocycles. The summed E-state index contributed by atoms with van der Waals surface area (Å²) in [6, 6.07) is 16.7. The fourth-order valence-corrected chi connectivity index (χ4v) is 3.47. The number of benzene rings is 2. The third kappa shape index (κ3) is 4.74. The Morgan fingerprint density at radius 1 is 0.903 bits per heavy atom. The lowest BCUT2D eigenvalue weighted by Gasteiger charge is -2.35. The van der Waals surface area contributed by atoms with Crippen molar-refractivity contribution in [1.29, 1.82) is 0 Å². The molecule has 0 N–H and O–H groups in total. The molecule has 0 unspecified atom stereocenters. The van der Waals surface area contributed by atoms with E-state index >= 15 is 0 Å². The third-order valence-corrected chi connectivity index (χ3v) is 5.06. The molecule has 0 atom stereocenters. The van der Waals surface area contributed by atoms with Crippen molar-refractivity contribution < 1.29 is 19.1 Å². The van der Waals surface area contributed by atoms with Crippen LogP contribution in [0.3, 0.4) is 0 Å². The summed E-state index contributed by atoms with van der Waals surface area (Å²) >= 11 is 0. The topological polar surface area (TPSA) is 84.9 Å². The fourth-order valence-electron chi connectivity index (χ4n) is 3.47. The summed E-state index contributed by atoms with van der Waals surface area (Å²) < 4.78 is 10.8. The Morgan fingerprint density at radius 2 is 1.55 bits per heavy atom. The summed E-state index contributed by atoms with van der Waals surface area (Å²) in [6.07, 6.45) is 0. The van der Waals surface area contributed by atoms with Gasteiger partial charge in [-0.2, -0.15) is 0 Å². The number of esters is 1. The van der Waals surface area contributed by atoms with Crippen molar-refractivity contribution >= 4 is 28.7 Å². The number of fused-ring (bicyclic) bond motifs is 1. The highest BCUT2D eigenvalue weighted by Gasteiger charge is 2.27. The summed E-state index contributed by atoms with van der Waals surface area (Å²) in [5, 5.41) is 0. The predicted molar refractivity (Wildman–Crippen MR) is 116 cm³/mol. The number of amides is 1. The number of ether oxygens (including phenoxy) is 2. The van der Waals surface area contributed by atoms with Crippen molar-refractivity contribution in [2.24, 2.45) is 0 Å². The van der Waals surface area contributed by atoms with E-state index in [1.165, 1.54) is 0 Å². The summed E-state index contributed by atoms with van der Waals surface area (Å²) in [4.78, 5) is 38.0. The number of hydrogen-bond donors (Lipinski definition) is 0. The van der Waals surface area contributed by atoms with Crippen molar-refractivity contribution in [2.75, 3.05) is 44.3 Å². The molecule has 2 aromatic carbocycles. The van der Waals surface area contributed by atoms with Gasteiger partial charge < -0.3 is 19.3 Å². The Labute approximate surface area is 180 Å². The zero-order valence-electron chi connectivity index (χ0n) is 17.4. The number of hydrogen-bond acceptors (Lipinski definition) is 7. The molecule has 3 aromatic rings. The number of piperazine rings is 1. The van der Waals surface area contributed by atoms with E-state index in [0.29, 0.717) is 48.8 Å². The number of aromatic nitrogens is 2. The molecule has 1 fully saturated rings. The number of rotatable bonds is 6. The first-order valence-electron chi connectivity index (χ1n) is 10.3. The van der Waals surface area contributed by atoms with Crippen molar-refractivity contribution in [3.63, 3.8) is 0 Å². The van der Waals surface area contributed by atoms with E-state index in [0.717, 1.165) is 0 Å². The van der Waals surface area contributed by atoms with Crippen molar-refractivity contribution in [3.8, 4) is 5.75 Å². The Hall–Kier alpha value is -3.68. The number of anilines is 1. The summed E-state index contributed by atoms with van der Waals surface area (Å²) in [7, 11) is 0. The lowest BCUT2D eigenvalue weighted by Crippen LogP contribution is -2.50. The van der Waals surface area contributed by atoms with Crippen LogP contribution in [0.2, 0.25) is 0 Å². The van der Waals surface area contributed by atoms with Gasteiger partial charge in [0.05, 0.1) is 17.6 Å². The van der Waals surface area contributed by atoms with Crippen LogP contribution >= 0.6 is 0 Å². The number of para-hydroxylation sites is 3. The average molecular weight is 420 g/mol. The SMILES string of the molecule is CCOC(=O)c1nc2ccccc2nc1N1CCN(C(=O)COc2ccccc2)CC1. The highest BCUT2D eigenvalue weighted by molar-refractivity contribution is 5.95. The average Bonchev–Trinajstić information content (AvgIpc) is 2.82. The highest BCUT2D eigenvalue weighted by Crippen LogP contribution is 2.23. The molecule has 1 amide bonds. The number of carbonyl (C=O) groups is 2. The van der Waals surface area contributed by atoms with Crippen LogP contribution in [0.4, 0.5) is 5.82 Å². The molecule has 1 aromatic heterocycles. The maximum Gasteiger partial charge on any atom is 0.360 e. The van der Waals surface area contributed by atoms with Gasteiger partial charge in [0.25, 0.3) is 5.91 Å². The van der Waals surface area contributed by atoms with Gasteiger partial charge in [-0.1, -0.05) is 30.3 Å². The molecule has 8 heteroatoms. The Morgan fingerprint density at radius 3 is 2.23 bits per heavy atom. The molecule has 0 saturated carbocycles. The van der Waals surface area contributed by atoms with E-state index < -0.39 is 5.97 Å². The predicted octanol–water partition coefficient (Wildman–Crippen LogP) is 2.53. The van der Waals surface area contributed by atoms with Crippen LogP contribution in [0.25, 0.3) is 11.0 Å². The molecule has 1 aliphatic heterocycles. The molecule has 1 aliphatic rings. The summed E-state index contributed by atoms with van der Waals surface area (Å²) in [6.45, 7) is 4.10. The quantitative estimate of drug-likeness (QED) is 0.567. The second kappa shape index (κ2) is 9.42. The van der Waals surface area contributed by atoms with Gasteiger partial charge in [-0.25, -0.2) is 14.8 Å². The molecule has 2 heterocycles. The molecule has 0 spiro atoms. The zero-order valence-corrected chi connectivity index (χ0v) is 17.4. The van der Waals surface area contributed by atoms with E-state index in [9.17, 15) is 9.59 Å². The van der Waals surface area contributed by atoms with Gasteiger partial charge in [-0.3, -0.25) is 4.79 Å².